The molecule has 0 amide bonds. The van der Waals surface area contributed by atoms with Crippen LogP contribution in [0, 0.1) is 37.0 Å². The summed E-state index contributed by atoms with van der Waals surface area (Å²) in [5, 5.41) is 11.9. The fraction of sp³-hybridized carbons (Fsp3) is 0.288. The van der Waals surface area contributed by atoms with Gasteiger partial charge < -0.3 is 5.11 Å². The summed E-state index contributed by atoms with van der Waals surface area (Å²) >= 11 is 0. The van der Waals surface area contributed by atoms with Crippen LogP contribution in [0.2, 0.25) is 0 Å². The fourth-order valence-electron chi connectivity index (χ4n) is 8.20. The van der Waals surface area contributed by atoms with Crippen molar-refractivity contribution in [3.8, 4) is 67.5 Å². The molecule has 2 heterocycles. The number of hydrogen-bond donors (Lipinski definition) is 1. The predicted molar refractivity (Wildman–Crippen MR) is 266 cm³/mol. The topological polar surface area (TPSA) is 50.9 Å². The predicted octanol–water partition coefficient (Wildman–Crippen LogP) is 16.1. The number of aryl methyl sites for hydroxylation is 2. The van der Waals surface area contributed by atoms with Crippen molar-refractivity contribution in [3.63, 3.8) is 0 Å². The Labute approximate surface area is 419 Å². The third-order valence-electron chi connectivity index (χ3n) is 13.0. The van der Waals surface area contributed by atoms with Crippen LogP contribution in [-0.2, 0) is 37.3 Å². The third-order valence-corrected chi connectivity index (χ3v) is 13.0. The smallest absolute Gasteiger partial charge is 0.166 e. The van der Waals surface area contributed by atoms with Crippen molar-refractivity contribution in [2.75, 3.05) is 0 Å². The molecule has 0 saturated carbocycles. The Bertz CT molecular complexity index is 3530. The van der Waals surface area contributed by atoms with E-state index in [4.69, 9.17) is 20.1 Å². The number of halogens is 2. The van der Waals surface area contributed by atoms with Gasteiger partial charge in [-0.1, -0.05) is 160 Å². The molecule has 0 saturated heterocycles. The molecular formula is C59H60F2N3OPt-. The first-order valence-electron chi connectivity index (χ1n) is 27.1. The van der Waals surface area contributed by atoms with Crippen LogP contribution in [-0.4, -0.2) is 19.6 Å². The molecule has 0 aliphatic carbocycles. The van der Waals surface area contributed by atoms with E-state index in [-0.39, 0.29) is 48.9 Å². The van der Waals surface area contributed by atoms with Gasteiger partial charge >= 0.3 is 0 Å². The van der Waals surface area contributed by atoms with Gasteiger partial charge in [0.15, 0.2) is 11.6 Å². The molecule has 0 radical (unpaired) electrons. The quantitative estimate of drug-likeness (QED) is 0.162. The largest absolute Gasteiger partial charge is 0.507 e. The molecule has 8 rings (SSSR count). The molecule has 0 fully saturated rings. The van der Waals surface area contributed by atoms with E-state index >= 15 is 8.78 Å². The number of imidazole rings is 1. The van der Waals surface area contributed by atoms with Crippen LogP contribution in [0.5, 0.6) is 5.75 Å². The Kier molecular flexibility index (Phi) is 9.41. The number of fused-ring (bicyclic) bond motifs is 1. The number of rotatable bonds is 7. The van der Waals surface area contributed by atoms with Crippen molar-refractivity contribution < 1.29 is 50.0 Å². The van der Waals surface area contributed by atoms with Gasteiger partial charge in [0.1, 0.15) is 11.6 Å². The number of benzene rings is 6. The van der Waals surface area contributed by atoms with Gasteiger partial charge in [0.2, 0.25) is 0 Å². The van der Waals surface area contributed by atoms with Crippen molar-refractivity contribution in [1.29, 1.82) is 0 Å². The minimum absolute atomic E-state index is 0. The summed E-state index contributed by atoms with van der Waals surface area (Å²) < 4.78 is 126. The molecule has 8 aromatic rings. The molecule has 0 atom stereocenters. The van der Waals surface area contributed by atoms with Gasteiger partial charge in [-0.15, -0.1) is 29.3 Å². The minimum Gasteiger partial charge on any atom is -0.507 e. The molecule has 66 heavy (non-hydrogen) atoms. The van der Waals surface area contributed by atoms with Crippen LogP contribution < -0.4 is 0 Å². The van der Waals surface area contributed by atoms with Crippen molar-refractivity contribution in [1.82, 2.24) is 14.5 Å². The van der Waals surface area contributed by atoms with Gasteiger partial charge in [-0.2, -0.15) is 0 Å². The standard InChI is InChI=1S/C59H60F2N3O.Pt/c1-35-28-36(2)54(65)46(29-35)55-63-53-44(20-17-21-50(53)64(55)49-25-22-41(59(12,13)58(9,10)11)34-45(49)37-18-15-14-16-19-37)39-30-40(32-42(31-39)56(3,4)5)48-33-38(26-27-62-48)43-23-24-47(57(6,7)8)52(61)51(43)60;/h14-29,31-34,65H,1-13H3;/q-1;/i6D3,7D3,8D3,23D,24D;. The maximum Gasteiger partial charge on any atom is 0.166 e. The second kappa shape index (κ2) is 17.5. The molecule has 7 heteroatoms. The molecule has 0 spiro atoms. The molecule has 0 unspecified atom stereocenters. The fourth-order valence-corrected chi connectivity index (χ4v) is 8.20. The third kappa shape index (κ3) is 8.82. The number of nitrogens with zero attached hydrogens (tertiary/aromatic N) is 3. The zero-order valence-electron chi connectivity index (χ0n) is 49.8. The first kappa shape index (κ1) is 35.5. The van der Waals surface area contributed by atoms with Crippen molar-refractivity contribution in [2.45, 2.75) is 106 Å². The normalized spacial score (nSPS) is 15.4. The average Bonchev–Trinajstić information content (AvgIpc) is 3.72. The van der Waals surface area contributed by atoms with Gasteiger partial charge in [-0.3, -0.25) is 9.55 Å². The molecule has 0 aliphatic rings. The van der Waals surface area contributed by atoms with E-state index in [1.165, 1.54) is 18.3 Å². The van der Waals surface area contributed by atoms with Gasteiger partial charge in [0.05, 0.1) is 25.0 Å². The second-order valence-corrected chi connectivity index (χ2v) is 19.6. The minimum atomic E-state index is -4.07. The summed E-state index contributed by atoms with van der Waals surface area (Å²) in [5.41, 5.74) is 2.26. The first-order valence-corrected chi connectivity index (χ1v) is 21.6. The summed E-state index contributed by atoms with van der Waals surface area (Å²) in [6.45, 7) is 9.01. The van der Waals surface area contributed by atoms with Crippen LogP contribution in [0.15, 0.2) is 121 Å². The Morgan fingerprint density at radius 1 is 0.667 bits per heavy atom. The van der Waals surface area contributed by atoms with Crippen molar-refractivity contribution in [2.24, 2.45) is 5.41 Å². The van der Waals surface area contributed by atoms with Crippen LogP contribution in [0.3, 0.4) is 0 Å². The summed E-state index contributed by atoms with van der Waals surface area (Å²) in [6, 6.07) is 33.7. The Hall–Kier alpha value is -5.71. The van der Waals surface area contributed by atoms with Gasteiger partial charge in [0, 0.05) is 56.4 Å². The molecule has 2 aromatic heterocycles. The number of phenols is 1. The maximum absolute atomic E-state index is 16.7. The molecular weight excluding hydrogens is 1000 g/mol. The molecule has 0 aliphatic heterocycles. The van der Waals surface area contributed by atoms with Crippen molar-refractivity contribution >= 4 is 11.0 Å². The van der Waals surface area contributed by atoms with E-state index in [9.17, 15) is 5.11 Å². The SMILES string of the molecule is [2H]c1c([2H])c(C(C([2H])([2H])[2H])(C([2H])([2H])[2H])C([2H])([2H])[2H])c(F)c(F)c1-c1ccnc(-c2[c-]c(-c3cccc4c3nc(-c3cc(C)cc(C)c3O)n4-c3ccc(C(C)(C)C(C)(C)C)cc3-c3ccccc3)cc(C(C)(C)C)c2)c1.[Pt]. The Morgan fingerprint density at radius 2 is 1.38 bits per heavy atom. The van der Waals surface area contributed by atoms with E-state index < -0.39 is 66.2 Å². The summed E-state index contributed by atoms with van der Waals surface area (Å²) in [7, 11) is 0. The van der Waals surface area contributed by atoms with Crippen LogP contribution in [0.1, 0.15) is 119 Å². The number of pyridine rings is 1. The zero-order valence-corrected chi connectivity index (χ0v) is 41.0. The van der Waals surface area contributed by atoms with Gasteiger partial charge in [-0.05, 0) is 99.2 Å². The molecule has 4 nitrogen and oxygen atoms in total. The van der Waals surface area contributed by atoms with Gasteiger partial charge in [-0.25, -0.2) is 13.8 Å². The van der Waals surface area contributed by atoms with Crippen LogP contribution in [0.4, 0.5) is 8.78 Å². The van der Waals surface area contributed by atoms with Crippen LogP contribution >= 0.6 is 0 Å². The number of hydrogen-bond acceptors (Lipinski definition) is 3. The number of aromatic nitrogens is 3. The van der Waals surface area contributed by atoms with Crippen LogP contribution in [0.25, 0.3) is 72.7 Å². The van der Waals surface area contributed by atoms with Crippen molar-refractivity contribution in [3.05, 3.63) is 167 Å². The van der Waals surface area contributed by atoms with E-state index in [1.54, 1.807) is 0 Å². The van der Waals surface area contributed by atoms with E-state index in [0.717, 1.165) is 39.0 Å². The van der Waals surface area contributed by atoms with E-state index in [2.05, 4.69) is 80.6 Å². The summed E-state index contributed by atoms with van der Waals surface area (Å²) in [4.78, 5) is 10.0. The molecule has 6 aromatic carbocycles. The number of phenolic OH excluding ortho intramolecular Hbond substituents is 1. The number of para-hydroxylation sites is 1. The first-order chi connectivity index (χ1) is 35.0. The zero-order chi connectivity index (χ0) is 56.2. The monoisotopic (exact) mass is 1070 g/mol. The Balaban J connectivity index is 0.00000861. The molecule has 0 bridgehead atoms. The molecule has 1 N–H and O–H groups in total. The number of aromatic hydroxyl groups is 1. The Morgan fingerprint density at radius 3 is 2.06 bits per heavy atom. The van der Waals surface area contributed by atoms with Gasteiger partial charge in [0.25, 0.3) is 0 Å². The van der Waals surface area contributed by atoms with E-state index in [0.29, 0.717) is 39.2 Å². The summed E-state index contributed by atoms with van der Waals surface area (Å²) in [6.07, 6.45) is 1.27. The maximum atomic E-state index is 16.7. The van der Waals surface area contributed by atoms with E-state index in [1.807, 2.05) is 95.3 Å². The average molecular weight is 1070 g/mol. The molecule has 342 valence electrons. The second-order valence-electron chi connectivity index (χ2n) is 19.6. The summed E-state index contributed by atoms with van der Waals surface area (Å²) in [5.74, 6) is -3.51.